The summed E-state index contributed by atoms with van der Waals surface area (Å²) in [4.78, 5) is 4.60. The van der Waals surface area contributed by atoms with Gasteiger partial charge in [0.25, 0.3) is 0 Å². The van der Waals surface area contributed by atoms with Gasteiger partial charge in [-0.1, -0.05) is 29.8 Å². The number of aryl methyl sites for hydroxylation is 1. The van der Waals surface area contributed by atoms with E-state index in [0.717, 1.165) is 32.0 Å². The zero-order valence-electron chi connectivity index (χ0n) is 12.6. The van der Waals surface area contributed by atoms with Crippen LogP contribution in [0.4, 0.5) is 0 Å². The SMILES string of the molecule is CCNC(=NCc1ccc(C)cc1)NCCCSC.I. The number of benzene rings is 1. The molecule has 0 saturated carbocycles. The van der Waals surface area contributed by atoms with Gasteiger partial charge in [-0.15, -0.1) is 24.0 Å². The van der Waals surface area contributed by atoms with E-state index < -0.39 is 0 Å². The van der Waals surface area contributed by atoms with Crippen LogP contribution in [0.25, 0.3) is 0 Å². The average Bonchev–Trinajstić information content (AvgIpc) is 2.42. The molecule has 1 rings (SSSR count). The monoisotopic (exact) mass is 407 g/mol. The first-order valence-corrected chi connectivity index (χ1v) is 8.22. The van der Waals surface area contributed by atoms with Crippen molar-refractivity contribution in [3.05, 3.63) is 35.4 Å². The Morgan fingerprint density at radius 1 is 1.20 bits per heavy atom. The first kappa shape index (κ1) is 19.6. The van der Waals surface area contributed by atoms with Crippen LogP contribution in [0, 0.1) is 6.92 Å². The van der Waals surface area contributed by atoms with Crippen molar-refractivity contribution in [2.75, 3.05) is 25.1 Å². The molecule has 0 spiro atoms. The van der Waals surface area contributed by atoms with Crippen LogP contribution in [0.3, 0.4) is 0 Å². The molecule has 0 aliphatic heterocycles. The van der Waals surface area contributed by atoms with Crippen LogP contribution in [0.15, 0.2) is 29.3 Å². The highest BCUT2D eigenvalue weighted by Gasteiger charge is 1.97. The topological polar surface area (TPSA) is 36.4 Å². The van der Waals surface area contributed by atoms with Crippen molar-refractivity contribution < 1.29 is 0 Å². The molecule has 2 N–H and O–H groups in total. The Morgan fingerprint density at radius 3 is 2.50 bits per heavy atom. The molecular weight excluding hydrogens is 381 g/mol. The fourth-order valence-electron chi connectivity index (χ4n) is 1.63. The van der Waals surface area contributed by atoms with E-state index in [1.54, 1.807) is 0 Å². The standard InChI is InChI=1S/C15H25N3S.HI/c1-4-16-15(17-10-5-11-19-3)18-12-14-8-6-13(2)7-9-14;/h6-9H,4-5,10-12H2,1-3H3,(H2,16,17,18);1H. The molecule has 0 aliphatic rings. The second-order valence-corrected chi connectivity index (χ2v) is 5.44. The normalized spacial score (nSPS) is 10.8. The predicted molar refractivity (Wildman–Crippen MR) is 102 cm³/mol. The minimum atomic E-state index is 0. The van der Waals surface area contributed by atoms with Crippen LogP contribution < -0.4 is 10.6 Å². The zero-order valence-corrected chi connectivity index (χ0v) is 15.8. The number of rotatable bonds is 7. The highest BCUT2D eigenvalue weighted by molar-refractivity contribution is 14.0. The van der Waals surface area contributed by atoms with Crippen LogP contribution in [0.2, 0.25) is 0 Å². The molecular formula is C15H26IN3S. The third-order valence-corrected chi connectivity index (χ3v) is 3.40. The molecule has 114 valence electrons. The third-order valence-electron chi connectivity index (χ3n) is 2.70. The molecule has 0 saturated heterocycles. The van der Waals surface area contributed by atoms with Gasteiger partial charge in [-0.3, -0.25) is 0 Å². The van der Waals surface area contributed by atoms with Crippen LogP contribution in [-0.2, 0) is 6.54 Å². The quantitative estimate of drug-likeness (QED) is 0.315. The van der Waals surface area contributed by atoms with Crippen molar-refractivity contribution in [2.24, 2.45) is 4.99 Å². The fraction of sp³-hybridized carbons (Fsp3) is 0.533. The lowest BCUT2D eigenvalue weighted by Crippen LogP contribution is -2.37. The first-order valence-electron chi connectivity index (χ1n) is 6.83. The Balaban J connectivity index is 0.00000361. The molecule has 0 atom stereocenters. The summed E-state index contributed by atoms with van der Waals surface area (Å²) >= 11 is 1.88. The number of aliphatic imine (C=N–C) groups is 1. The highest BCUT2D eigenvalue weighted by atomic mass is 127. The summed E-state index contributed by atoms with van der Waals surface area (Å²) in [7, 11) is 0. The predicted octanol–water partition coefficient (Wildman–Crippen LogP) is 3.42. The zero-order chi connectivity index (χ0) is 13.9. The van der Waals surface area contributed by atoms with E-state index in [-0.39, 0.29) is 24.0 Å². The Labute approximate surface area is 144 Å². The van der Waals surface area contributed by atoms with E-state index in [0.29, 0.717) is 0 Å². The lowest BCUT2D eigenvalue weighted by Gasteiger charge is -2.11. The number of guanidine groups is 1. The number of halogens is 1. The largest absolute Gasteiger partial charge is 0.357 e. The van der Waals surface area contributed by atoms with Gasteiger partial charge in [-0.25, -0.2) is 4.99 Å². The number of hydrogen-bond donors (Lipinski definition) is 2. The second kappa shape index (κ2) is 12.3. The lowest BCUT2D eigenvalue weighted by atomic mass is 10.1. The van der Waals surface area contributed by atoms with Crippen molar-refractivity contribution in [1.82, 2.24) is 10.6 Å². The number of nitrogens with one attached hydrogen (secondary N) is 2. The molecule has 1 aromatic carbocycles. The van der Waals surface area contributed by atoms with E-state index in [4.69, 9.17) is 0 Å². The number of nitrogens with zero attached hydrogens (tertiary/aromatic N) is 1. The summed E-state index contributed by atoms with van der Waals surface area (Å²) in [5.74, 6) is 2.09. The molecule has 0 fully saturated rings. The van der Waals surface area contributed by atoms with Gasteiger partial charge in [0.15, 0.2) is 5.96 Å². The number of hydrogen-bond acceptors (Lipinski definition) is 2. The molecule has 0 unspecified atom stereocenters. The molecule has 0 aliphatic carbocycles. The van der Waals surface area contributed by atoms with Crippen molar-refractivity contribution in [3.63, 3.8) is 0 Å². The molecule has 3 nitrogen and oxygen atoms in total. The minimum Gasteiger partial charge on any atom is -0.357 e. The Hall–Kier alpha value is -0.430. The van der Waals surface area contributed by atoms with Gasteiger partial charge >= 0.3 is 0 Å². The minimum absolute atomic E-state index is 0. The molecule has 0 amide bonds. The second-order valence-electron chi connectivity index (χ2n) is 4.45. The van der Waals surface area contributed by atoms with E-state index in [2.05, 4.69) is 60.0 Å². The molecule has 20 heavy (non-hydrogen) atoms. The van der Waals surface area contributed by atoms with E-state index in [9.17, 15) is 0 Å². The van der Waals surface area contributed by atoms with E-state index >= 15 is 0 Å². The third kappa shape index (κ3) is 8.68. The summed E-state index contributed by atoms with van der Waals surface area (Å²) in [5.41, 5.74) is 2.53. The molecule has 1 aromatic rings. The van der Waals surface area contributed by atoms with Gasteiger partial charge in [-0.05, 0) is 37.8 Å². The molecule has 0 aromatic heterocycles. The summed E-state index contributed by atoms with van der Waals surface area (Å²) in [5, 5.41) is 6.64. The van der Waals surface area contributed by atoms with Crippen molar-refractivity contribution >= 4 is 41.7 Å². The molecule has 0 radical (unpaired) electrons. The first-order chi connectivity index (χ1) is 9.26. The van der Waals surface area contributed by atoms with Gasteiger partial charge in [0.05, 0.1) is 6.54 Å². The Kier molecular flexibility index (Phi) is 12.1. The maximum atomic E-state index is 4.60. The van der Waals surface area contributed by atoms with Gasteiger partial charge < -0.3 is 10.6 Å². The summed E-state index contributed by atoms with van der Waals surface area (Å²) < 4.78 is 0. The van der Waals surface area contributed by atoms with Gasteiger partial charge in [0.2, 0.25) is 0 Å². The molecule has 0 heterocycles. The average molecular weight is 407 g/mol. The van der Waals surface area contributed by atoms with Crippen LogP contribution in [0.5, 0.6) is 0 Å². The van der Waals surface area contributed by atoms with E-state index in [1.165, 1.54) is 16.9 Å². The number of thioether (sulfide) groups is 1. The van der Waals surface area contributed by atoms with Crippen LogP contribution in [0.1, 0.15) is 24.5 Å². The summed E-state index contributed by atoms with van der Waals surface area (Å²) in [6.07, 6.45) is 3.30. The van der Waals surface area contributed by atoms with Gasteiger partial charge in [0, 0.05) is 13.1 Å². The molecule has 5 heteroatoms. The lowest BCUT2D eigenvalue weighted by molar-refractivity contribution is 0.790. The molecule has 0 bridgehead atoms. The smallest absolute Gasteiger partial charge is 0.191 e. The van der Waals surface area contributed by atoms with Crippen molar-refractivity contribution in [2.45, 2.75) is 26.8 Å². The maximum Gasteiger partial charge on any atom is 0.191 e. The van der Waals surface area contributed by atoms with Gasteiger partial charge in [0.1, 0.15) is 0 Å². The van der Waals surface area contributed by atoms with E-state index in [1.807, 2.05) is 11.8 Å². The Morgan fingerprint density at radius 2 is 1.90 bits per heavy atom. The maximum absolute atomic E-state index is 4.60. The highest BCUT2D eigenvalue weighted by Crippen LogP contribution is 2.04. The van der Waals surface area contributed by atoms with Crippen molar-refractivity contribution in [3.8, 4) is 0 Å². The summed E-state index contributed by atoms with van der Waals surface area (Å²) in [6, 6.07) is 8.53. The van der Waals surface area contributed by atoms with Crippen molar-refractivity contribution in [1.29, 1.82) is 0 Å². The van der Waals surface area contributed by atoms with Crippen LogP contribution >= 0.6 is 35.7 Å². The van der Waals surface area contributed by atoms with Gasteiger partial charge in [-0.2, -0.15) is 11.8 Å². The fourth-order valence-corrected chi connectivity index (χ4v) is 2.06. The Bertz CT molecular complexity index is 379. The van der Waals surface area contributed by atoms with Crippen LogP contribution in [-0.4, -0.2) is 31.1 Å². The summed E-state index contributed by atoms with van der Waals surface area (Å²) in [6.45, 7) is 6.77.